The van der Waals surface area contributed by atoms with Gasteiger partial charge in [-0.25, -0.2) is 18.6 Å². The van der Waals surface area contributed by atoms with Crippen LogP contribution in [0.15, 0.2) is 6.07 Å². The lowest BCUT2D eigenvalue weighted by Crippen LogP contribution is -2.20. The molecule has 0 saturated carbocycles. The van der Waals surface area contributed by atoms with Gasteiger partial charge < -0.3 is 9.47 Å². The SMILES string of the molecule is COC(=O)c1cc(OC(F)(F)F)c(CCl)c(C(F)F)n1. The molecule has 0 saturated heterocycles. The first-order valence-corrected chi connectivity index (χ1v) is 5.45. The van der Waals surface area contributed by atoms with Crippen LogP contribution in [0.2, 0.25) is 0 Å². The maximum atomic E-state index is 12.8. The molecule has 0 spiro atoms. The predicted molar refractivity (Wildman–Crippen MR) is 56.8 cm³/mol. The zero-order valence-corrected chi connectivity index (χ0v) is 10.6. The number of ether oxygens (including phenoxy) is 2. The summed E-state index contributed by atoms with van der Waals surface area (Å²) in [5.74, 6) is -2.89. The second kappa shape index (κ2) is 6.21. The molecule has 0 radical (unpaired) electrons. The van der Waals surface area contributed by atoms with Crippen LogP contribution in [0.25, 0.3) is 0 Å². The van der Waals surface area contributed by atoms with Crippen LogP contribution in [0.4, 0.5) is 22.0 Å². The summed E-state index contributed by atoms with van der Waals surface area (Å²) in [7, 11) is 0.922. The van der Waals surface area contributed by atoms with Crippen molar-refractivity contribution in [3.8, 4) is 5.75 Å². The van der Waals surface area contributed by atoms with Crippen molar-refractivity contribution in [3.63, 3.8) is 0 Å². The van der Waals surface area contributed by atoms with Crippen molar-refractivity contribution in [3.05, 3.63) is 23.0 Å². The molecular weight excluding hydrogens is 313 g/mol. The predicted octanol–water partition coefficient (Wildman–Crippen LogP) is 3.44. The van der Waals surface area contributed by atoms with Crippen LogP contribution in [0.1, 0.15) is 28.2 Å². The van der Waals surface area contributed by atoms with Crippen molar-refractivity contribution in [2.24, 2.45) is 0 Å². The average Bonchev–Trinajstić information content (AvgIpc) is 2.34. The second-order valence-corrected chi connectivity index (χ2v) is 3.61. The Kier molecular flexibility index (Phi) is 5.09. The Morgan fingerprint density at radius 2 is 2.05 bits per heavy atom. The van der Waals surface area contributed by atoms with E-state index >= 15 is 0 Å². The number of carbonyl (C=O) groups excluding carboxylic acids is 1. The Morgan fingerprint density at radius 3 is 2.45 bits per heavy atom. The zero-order valence-electron chi connectivity index (χ0n) is 9.80. The third kappa shape index (κ3) is 3.92. The summed E-state index contributed by atoms with van der Waals surface area (Å²) in [4.78, 5) is 14.5. The summed E-state index contributed by atoms with van der Waals surface area (Å²) >= 11 is 5.34. The molecule has 1 heterocycles. The fourth-order valence-corrected chi connectivity index (χ4v) is 1.58. The first-order valence-electron chi connectivity index (χ1n) is 4.91. The van der Waals surface area contributed by atoms with Crippen molar-refractivity contribution >= 4 is 17.6 Å². The van der Waals surface area contributed by atoms with E-state index in [1.54, 1.807) is 0 Å². The molecule has 0 atom stereocenters. The standard InChI is InChI=1S/C10H7ClF5NO3/c1-19-9(18)5-2-6(20-10(14,15)16)4(3-11)7(17-5)8(12)13/h2,8H,3H2,1H3. The number of nitrogens with zero attached hydrogens (tertiary/aromatic N) is 1. The lowest BCUT2D eigenvalue weighted by Gasteiger charge is -2.15. The summed E-state index contributed by atoms with van der Waals surface area (Å²) < 4.78 is 70.0. The fourth-order valence-electron chi connectivity index (χ4n) is 1.31. The molecule has 0 fully saturated rings. The van der Waals surface area contributed by atoms with Gasteiger partial charge in [0.1, 0.15) is 11.4 Å². The molecule has 0 aliphatic heterocycles. The molecule has 1 aromatic heterocycles. The molecule has 1 aromatic rings. The molecule has 0 amide bonds. The van der Waals surface area contributed by atoms with E-state index in [0.717, 1.165) is 7.11 Å². The number of aromatic nitrogens is 1. The van der Waals surface area contributed by atoms with Crippen molar-refractivity contribution in [2.45, 2.75) is 18.7 Å². The molecule has 112 valence electrons. The Bertz CT molecular complexity index is 506. The third-order valence-electron chi connectivity index (χ3n) is 2.08. The highest BCUT2D eigenvalue weighted by Gasteiger charge is 2.34. The van der Waals surface area contributed by atoms with Crippen LogP contribution < -0.4 is 4.74 Å². The summed E-state index contributed by atoms with van der Waals surface area (Å²) in [6.45, 7) is 0. The van der Waals surface area contributed by atoms with Gasteiger partial charge in [-0.2, -0.15) is 0 Å². The van der Waals surface area contributed by atoms with Gasteiger partial charge in [0.25, 0.3) is 6.43 Å². The Labute approximate surface area is 114 Å². The number of pyridine rings is 1. The molecular formula is C10H7ClF5NO3. The van der Waals surface area contributed by atoms with Crippen LogP contribution >= 0.6 is 11.6 Å². The van der Waals surface area contributed by atoms with Crippen LogP contribution in [0.3, 0.4) is 0 Å². The van der Waals surface area contributed by atoms with Gasteiger partial charge in [-0.05, 0) is 0 Å². The van der Waals surface area contributed by atoms with Gasteiger partial charge in [0.15, 0.2) is 5.69 Å². The molecule has 0 aromatic carbocycles. The topological polar surface area (TPSA) is 48.4 Å². The number of carbonyl (C=O) groups is 1. The van der Waals surface area contributed by atoms with Crippen molar-refractivity contribution in [1.82, 2.24) is 4.98 Å². The van der Waals surface area contributed by atoms with Crippen LogP contribution in [0, 0.1) is 0 Å². The number of halogens is 6. The maximum absolute atomic E-state index is 12.8. The lowest BCUT2D eigenvalue weighted by atomic mass is 10.1. The van der Waals surface area contributed by atoms with Gasteiger partial charge in [0.2, 0.25) is 0 Å². The molecule has 0 N–H and O–H groups in total. The van der Waals surface area contributed by atoms with Crippen LogP contribution in [-0.2, 0) is 10.6 Å². The Morgan fingerprint density at radius 1 is 1.45 bits per heavy atom. The van der Waals surface area contributed by atoms with Gasteiger partial charge in [0.05, 0.1) is 13.0 Å². The molecule has 0 aliphatic carbocycles. The summed E-state index contributed by atoms with van der Waals surface area (Å²) in [6.07, 6.45) is -8.36. The molecule has 10 heteroatoms. The van der Waals surface area contributed by atoms with Gasteiger partial charge in [-0.3, -0.25) is 0 Å². The number of alkyl halides is 6. The smallest absolute Gasteiger partial charge is 0.464 e. The van der Waals surface area contributed by atoms with E-state index in [2.05, 4.69) is 14.5 Å². The van der Waals surface area contributed by atoms with E-state index in [4.69, 9.17) is 11.6 Å². The monoisotopic (exact) mass is 319 g/mol. The number of rotatable bonds is 4. The molecule has 1 rings (SSSR count). The number of hydrogen-bond donors (Lipinski definition) is 0. The number of hydrogen-bond acceptors (Lipinski definition) is 4. The molecule has 0 bridgehead atoms. The van der Waals surface area contributed by atoms with E-state index < -0.39 is 47.3 Å². The molecule has 20 heavy (non-hydrogen) atoms. The van der Waals surface area contributed by atoms with Crippen LogP contribution in [-0.4, -0.2) is 24.4 Å². The van der Waals surface area contributed by atoms with E-state index in [-0.39, 0.29) is 0 Å². The van der Waals surface area contributed by atoms with Crippen LogP contribution in [0.5, 0.6) is 5.75 Å². The summed E-state index contributed by atoms with van der Waals surface area (Å²) in [5.41, 5.74) is -2.45. The van der Waals surface area contributed by atoms with Gasteiger partial charge in [0, 0.05) is 11.6 Å². The van der Waals surface area contributed by atoms with E-state index in [1.807, 2.05) is 0 Å². The quantitative estimate of drug-likeness (QED) is 0.484. The normalized spacial score (nSPS) is 11.6. The van der Waals surface area contributed by atoms with Gasteiger partial charge in [-0.1, -0.05) is 0 Å². The third-order valence-corrected chi connectivity index (χ3v) is 2.34. The maximum Gasteiger partial charge on any atom is 0.573 e. The molecule has 0 unspecified atom stereocenters. The Hall–Kier alpha value is -1.64. The van der Waals surface area contributed by atoms with E-state index in [1.165, 1.54) is 0 Å². The highest BCUT2D eigenvalue weighted by atomic mass is 35.5. The largest absolute Gasteiger partial charge is 0.573 e. The summed E-state index contributed by atoms with van der Waals surface area (Å²) in [6, 6.07) is 0.545. The minimum atomic E-state index is -5.13. The van der Waals surface area contributed by atoms with Gasteiger partial charge >= 0.3 is 12.3 Å². The Balaban J connectivity index is 3.45. The van der Waals surface area contributed by atoms with Crippen molar-refractivity contribution in [2.75, 3.05) is 7.11 Å². The lowest BCUT2D eigenvalue weighted by molar-refractivity contribution is -0.275. The average molecular weight is 320 g/mol. The van der Waals surface area contributed by atoms with Crippen molar-refractivity contribution in [1.29, 1.82) is 0 Å². The number of esters is 1. The summed E-state index contributed by atoms with van der Waals surface area (Å²) in [5, 5.41) is 0. The zero-order chi connectivity index (χ0) is 15.5. The number of methoxy groups -OCH3 is 1. The molecule has 4 nitrogen and oxygen atoms in total. The minimum absolute atomic E-state index is 0.545. The molecule has 0 aliphatic rings. The van der Waals surface area contributed by atoms with E-state index in [0.29, 0.717) is 6.07 Å². The van der Waals surface area contributed by atoms with Gasteiger partial charge in [-0.15, -0.1) is 24.8 Å². The first kappa shape index (κ1) is 16.4. The highest BCUT2D eigenvalue weighted by Crippen LogP contribution is 2.34. The first-order chi connectivity index (χ1) is 9.19. The fraction of sp³-hybridized carbons (Fsp3) is 0.400. The second-order valence-electron chi connectivity index (χ2n) is 3.34. The van der Waals surface area contributed by atoms with E-state index in [9.17, 15) is 26.7 Å². The minimum Gasteiger partial charge on any atom is -0.464 e. The van der Waals surface area contributed by atoms with Crippen molar-refractivity contribution < 1.29 is 36.2 Å². The highest BCUT2D eigenvalue weighted by molar-refractivity contribution is 6.17.